The van der Waals surface area contributed by atoms with E-state index in [2.05, 4.69) is 6.07 Å². The van der Waals surface area contributed by atoms with E-state index in [-0.39, 0.29) is 23.3 Å². The maximum atomic E-state index is 13.3. The summed E-state index contributed by atoms with van der Waals surface area (Å²) in [6.45, 7) is 2.07. The fourth-order valence-corrected chi connectivity index (χ4v) is 7.59. The number of methoxy groups -OCH3 is 1. The van der Waals surface area contributed by atoms with Crippen molar-refractivity contribution in [3.05, 3.63) is 53.5 Å². The van der Waals surface area contributed by atoms with Gasteiger partial charge in [0.2, 0.25) is 15.9 Å². The monoisotopic (exact) mass is 499 g/mol. The summed E-state index contributed by atoms with van der Waals surface area (Å²) in [7, 11) is -2.09. The van der Waals surface area contributed by atoms with Gasteiger partial charge in [0.25, 0.3) is 0 Å². The number of ether oxygens (including phenoxy) is 1. The van der Waals surface area contributed by atoms with Gasteiger partial charge in [-0.3, -0.25) is 4.79 Å². The van der Waals surface area contributed by atoms with Crippen molar-refractivity contribution >= 4 is 37.5 Å². The van der Waals surface area contributed by atoms with E-state index in [0.29, 0.717) is 37.7 Å². The minimum Gasteiger partial charge on any atom is -0.497 e. The second-order valence-corrected chi connectivity index (χ2v) is 12.0. The first kappa shape index (κ1) is 23.3. The lowest BCUT2D eigenvalue weighted by molar-refractivity contribution is -0.137. The third kappa shape index (κ3) is 4.56. The highest BCUT2D eigenvalue weighted by atomic mass is 32.2. The Kier molecular flexibility index (Phi) is 6.59. The normalized spacial score (nSPS) is 20.5. The van der Waals surface area contributed by atoms with E-state index in [9.17, 15) is 13.2 Å². The SMILES string of the molecule is COc1ccc(S(=O)(=O)N2CCC[C@H](C(=O)N3CCC(c4nc5ccccc5s4)CC3)C2)cc1. The number of aromatic nitrogens is 1. The van der Waals surface area contributed by atoms with Crippen molar-refractivity contribution in [2.24, 2.45) is 5.92 Å². The van der Waals surface area contributed by atoms with Gasteiger partial charge in [-0.15, -0.1) is 11.3 Å². The summed E-state index contributed by atoms with van der Waals surface area (Å²) in [4.78, 5) is 20.3. The first-order valence-electron chi connectivity index (χ1n) is 11.7. The van der Waals surface area contributed by atoms with Gasteiger partial charge in [0.15, 0.2) is 0 Å². The lowest BCUT2D eigenvalue weighted by Crippen LogP contribution is -2.48. The smallest absolute Gasteiger partial charge is 0.243 e. The number of fused-ring (bicyclic) bond motifs is 1. The highest BCUT2D eigenvalue weighted by Gasteiger charge is 2.36. The van der Waals surface area contributed by atoms with E-state index in [1.807, 2.05) is 23.1 Å². The summed E-state index contributed by atoms with van der Waals surface area (Å²) < 4.78 is 34.1. The Morgan fingerprint density at radius 1 is 1.03 bits per heavy atom. The number of carbonyl (C=O) groups is 1. The van der Waals surface area contributed by atoms with Crippen LogP contribution in [0.5, 0.6) is 5.75 Å². The Balaban J connectivity index is 1.21. The molecule has 1 aromatic heterocycles. The molecule has 0 aliphatic carbocycles. The largest absolute Gasteiger partial charge is 0.497 e. The average molecular weight is 500 g/mol. The van der Waals surface area contributed by atoms with Crippen molar-refractivity contribution < 1.29 is 17.9 Å². The van der Waals surface area contributed by atoms with Gasteiger partial charge < -0.3 is 9.64 Å². The van der Waals surface area contributed by atoms with Crippen molar-refractivity contribution in [2.45, 2.75) is 36.5 Å². The lowest BCUT2D eigenvalue weighted by Gasteiger charge is -2.37. The zero-order valence-electron chi connectivity index (χ0n) is 19.2. The molecule has 0 radical (unpaired) electrons. The minimum atomic E-state index is -3.64. The highest BCUT2D eigenvalue weighted by molar-refractivity contribution is 7.89. The van der Waals surface area contributed by atoms with Crippen molar-refractivity contribution in [3.8, 4) is 5.75 Å². The van der Waals surface area contributed by atoms with Crippen LogP contribution in [-0.4, -0.2) is 61.8 Å². The van der Waals surface area contributed by atoms with E-state index >= 15 is 0 Å². The number of sulfonamides is 1. The van der Waals surface area contributed by atoms with Crippen molar-refractivity contribution in [1.82, 2.24) is 14.2 Å². The third-order valence-electron chi connectivity index (χ3n) is 6.90. The number of piperidine rings is 2. The molecule has 1 atom stereocenters. The fourth-order valence-electron chi connectivity index (χ4n) is 4.93. The van der Waals surface area contributed by atoms with E-state index in [0.717, 1.165) is 29.8 Å². The Morgan fingerprint density at radius 3 is 2.47 bits per heavy atom. The lowest BCUT2D eigenvalue weighted by atomic mass is 9.93. The van der Waals surface area contributed by atoms with Crippen LogP contribution < -0.4 is 4.74 Å². The minimum absolute atomic E-state index is 0.0809. The van der Waals surface area contributed by atoms with Crippen LogP contribution in [0.1, 0.15) is 36.6 Å². The van der Waals surface area contributed by atoms with Gasteiger partial charge >= 0.3 is 0 Å². The number of benzene rings is 2. The molecule has 0 unspecified atom stereocenters. The molecule has 2 aromatic carbocycles. The maximum Gasteiger partial charge on any atom is 0.243 e. The number of rotatable bonds is 5. The average Bonchev–Trinajstić information content (AvgIpc) is 3.33. The van der Waals surface area contributed by atoms with E-state index in [1.165, 1.54) is 9.01 Å². The van der Waals surface area contributed by atoms with Gasteiger partial charge in [-0.2, -0.15) is 4.31 Å². The molecule has 0 N–H and O–H groups in total. The molecule has 2 aliphatic rings. The molecule has 5 rings (SSSR count). The molecule has 7 nitrogen and oxygen atoms in total. The first-order valence-corrected chi connectivity index (χ1v) is 14.0. The summed E-state index contributed by atoms with van der Waals surface area (Å²) in [6.07, 6.45) is 3.21. The molecule has 0 spiro atoms. The molecule has 2 aliphatic heterocycles. The van der Waals surface area contributed by atoms with Gasteiger partial charge in [-0.25, -0.2) is 13.4 Å². The molecule has 2 saturated heterocycles. The third-order valence-corrected chi connectivity index (χ3v) is 9.98. The summed E-state index contributed by atoms with van der Waals surface area (Å²) in [5.41, 5.74) is 1.04. The number of hydrogen-bond acceptors (Lipinski definition) is 6. The topological polar surface area (TPSA) is 79.8 Å². The zero-order chi connectivity index (χ0) is 23.7. The van der Waals surface area contributed by atoms with Crippen molar-refractivity contribution in [1.29, 1.82) is 0 Å². The first-order chi connectivity index (χ1) is 16.5. The quantitative estimate of drug-likeness (QED) is 0.528. The Labute approximate surface area is 204 Å². The van der Waals surface area contributed by atoms with E-state index in [1.54, 1.807) is 42.7 Å². The number of likely N-dealkylation sites (tertiary alicyclic amines) is 1. The number of para-hydroxylation sites is 1. The molecular formula is C25H29N3O4S2. The molecule has 1 amide bonds. The van der Waals surface area contributed by atoms with Crippen LogP contribution in [-0.2, 0) is 14.8 Å². The Morgan fingerprint density at radius 2 is 1.76 bits per heavy atom. The molecule has 2 fully saturated rings. The Hall–Kier alpha value is -2.49. The number of nitrogens with zero attached hydrogens (tertiary/aromatic N) is 3. The Bertz CT molecular complexity index is 1230. The van der Waals surface area contributed by atoms with Crippen LogP contribution in [0.4, 0.5) is 0 Å². The van der Waals surface area contributed by atoms with Gasteiger partial charge in [0, 0.05) is 32.1 Å². The maximum absolute atomic E-state index is 13.3. The number of thiazole rings is 1. The summed E-state index contributed by atoms with van der Waals surface area (Å²) in [5, 5.41) is 1.16. The second kappa shape index (κ2) is 9.64. The second-order valence-electron chi connectivity index (χ2n) is 9.00. The van der Waals surface area contributed by atoms with Gasteiger partial charge in [-0.05, 0) is 62.1 Å². The summed E-state index contributed by atoms with van der Waals surface area (Å²) in [5.74, 6) is 0.776. The molecule has 0 saturated carbocycles. The number of carbonyl (C=O) groups excluding carboxylic acids is 1. The standard InChI is InChI=1S/C25H29N3O4S2/c1-32-20-8-10-21(11-9-20)34(30,31)28-14-4-5-19(17-28)25(29)27-15-12-18(13-16-27)24-26-22-6-2-3-7-23(22)33-24/h2-3,6-11,18-19H,4-5,12-17H2,1H3/t19-/m0/s1. The van der Waals surface area contributed by atoms with E-state index < -0.39 is 10.0 Å². The molecule has 9 heteroatoms. The molecule has 34 heavy (non-hydrogen) atoms. The number of hydrogen-bond donors (Lipinski definition) is 0. The van der Waals surface area contributed by atoms with Gasteiger partial charge in [0.05, 0.1) is 33.1 Å². The van der Waals surface area contributed by atoms with Crippen LogP contribution in [0.2, 0.25) is 0 Å². The highest BCUT2D eigenvalue weighted by Crippen LogP contribution is 2.35. The van der Waals surface area contributed by atoms with Crippen LogP contribution in [0.15, 0.2) is 53.4 Å². The fraction of sp³-hybridized carbons (Fsp3) is 0.440. The molecule has 180 valence electrons. The predicted molar refractivity (Wildman–Crippen MR) is 133 cm³/mol. The number of amides is 1. The summed E-state index contributed by atoms with van der Waals surface area (Å²) in [6, 6.07) is 14.6. The van der Waals surface area contributed by atoms with E-state index in [4.69, 9.17) is 9.72 Å². The molecule has 3 aromatic rings. The van der Waals surface area contributed by atoms with Gasteiger partial charge in [0.1, 0.15) is 5.75 Å². The zero-order valence-corrected chi connectivity index (χ0v) is 20.9. The van der Waals surface area contributed by atoms with Crippen molar-refractivity contribution in [2.75, 3.05) is 33.3 Å². The van der Waals surface area contributed by atoms with Crippen molar-refractivity contribution in [3.63, 3.8) is 0 Å². The molecule has 3 heterocycles. The molecule has 0 bridgehead atoms. The predicted octanol–water partition coefficient (Wildman–Crippen LogP) is 4.11. The molecular weight excluding hydrogens is 470 g/mol. The van der Waals surface area contributed by atoms with Gasteiger partial charge in [-0.1, -0.05) is 12.1 Å². The van der Waals surface area contributed by atoms with Crippen LogP contribution in [0.25, 0.3) is 10.2 Å². The van der Waals surface area contributed by atoms with Crippen LogP contribution in [0.3, 0.4) is 0 Å². The van der Waals surface area contributed by atoms with Crippen LogP contribution >= 0.6 is 11.3 Å². The summed E-state index contributed by atoms with van der Waals surface area (Å²) >= 11 is 1.75. The van der Waals surface area contributed by atoms with Crippen LogP contribution in [0, 0.1) is 5.92 Å².